The predicted molar refractivity (Wildman–Crippen MR) is 129 cm³/mol. The van der Waals surface area contributed by atoms with E-state index in [4.69, 9.17) is 20.1 Å². The summed E-state index contributed by atoms with van der Waals surface area (Å²) in [4.78, 5) is 11.4. The summed E-state index contributed by atoms with van der Waals surface area (Å²) in [5, 5.41) is 35.8. The van der Waals surface area contributed by atoms with Gasteiger partial charge >= 0.3 is 5.97 Å². The third-order valence-electron chi connectivity index (χ3n) is 6.03. The van der Waals surface area contributed by atoms with Crippen molar-refractivity contribution in [2.45, 2.75) is 141 Å². The van der Waals surface area contributed by atoms with E-state index < -0.39 is 12.2 Å². The highest BCUT2D eigenvalue weighted by molar-refractivity contribution is 5.69. The molecule has 0 aliphatic rings. The summed E-state index contributed by atoms with van der Waals surface area (Å²) in [7, 11) is 0. The first kappa shape index (κ1) is 31.3. The zero-order valence-electron chi connectivity index (χ0n) is 20.5. The van der Waals surface area contributed by atoms with Gasteiger partial charge in [0.15, 0.2) is 0 Å². The molecule has 0 saturated heterocycles. The maximum absolute atomic E-state index is 11.4. The van der Waals surface area contributed by atoms with Crippen molar-refractivity contribution in [1.29, 1.82) is 0 Å². The summed E-state index contributed by atoms with van der Waals surface area (Å²) in [6.45, 7) is -0.603. The van der Waals surface area contributed by atoms with Crippen LogP contribution in [0, 0.1) is 0 Å². The lowest BCUT2D eigenvalue weighted by molar-refractivity contribution is -0.147. The Bertz CT molecular complexity index is 391. The van der Waals surface area contributed by atoms with E-state index in [1.54, 1.807) is 0 Å². The van der Waals surface area contributed by atoms with Crippen LogP contribution >= 0.6 is 0 Å². The molecule has 0 aromatic heterocycles. The van der Waals surface area contributed by atoms with Gasteiger partial charge in [0.1, 0.15) is 12.7 Å². The molecule has 0 aliphatic carbocycles. The molecule has 0 aromatic carbocycles. The molecule has 0 spiro atoms. The van der Waals surface area contributed by atoms with E-state index in [-0.39, 0.29) is 25.8 Å². The molecular formula is C26H52O6. The van der Waals surface area contributed by atoms with Gasteiger partial charge in [-0.25, -0.2) is 0 Å². The maximum Gasteiger partial charge on any atom is 0.305 e. The Morgan fingerprint density at radius 1 is 0.531 bits per heavy atom. The lowest BCUT2D eigenvalue weighted by Crippen LogP contribution is -2.21. The molecule has 6 nitrogen and oxygen atoms in total. The fourth-order valence-electron chi connectivity index (χ4n) is 3.88. The zero-order chi connectivity index (χ0) is 23.7. The number of aliphatic hydroxyl groups excluding tert-OH is 4. The molecule has 0 radical (unpaired) electrons. The number of hydrogen-bond acceptors (Lipinski definition) is 6. The first-order valence-electron chi connectivity index (χ1n) is 13.3. The summed E-state index contributed by atoms with van der Waals surface area (Å²) in [6, 6.07) is 0. The standard InChI is InChI=1S/C26H52O6/c27-21-24(29)19-17-15-13-11-9-7-5-3-1-2-4-6-8-10-12-14-16-18-20-26(31)32-23-25(30)22-28/h24-25,27-30H,1-23H2. The van der Waals surface area contributed by atoms with E-state index >= 15 is 0 Å². The quantitative estimate of drug-likeness (QED) is 0.112. The molecule has 2 unspecified atom stereocenters. The van der Waals surface area contributed by atoms with Crippen molar-refractivity contribution in [2.75, 3.05) is 19.8 Å². The van der Waals surface area contributed by atoms with Crippen LogP contribution in [0.4, 0.5) is 0 Å². The van der Waals surface area contributed by atoms with Crippen LogP contribution in [0.25, 0.3) is 0 Å². The summed E-state index contributed by atoms with van der Waals surface area (Å²) < 4.78 is 4.88. The molecule has 0 aromatic rings. The van der Waals surface area contributed by atoms with Gasteiger partial charge in [0.2, 0.25) is 0 Å². The Morgan fingerprint density at radius 3 is 1.25 bits per heavy atom. The molecule has 6 heteroatoms. The second-order valence-corrected chi connectivity index (χ2v) is 9.26. The van der Waals surface area contributed by atoms with E-state index in [9.17, 15) is 9.90 Å². The van der Waals surface area contributed by atoms with Gasteiger partial charge in [-0.1, -0.05) is 109 Å². The summed E-state index contributed by atoms with van der Waals surface area (Å²) in [6.07, 6.45) is 22.1. The number of hydrogen-bond donors (Lipinski definition) is 4. The smallest absolute Gasteiger partial charge is 0.305 e. The highest BCUT2D eigenvalue weighted by Crippen LogP contribution is 2.15. The zero-order valence-corrected chi connectivity index (χ0v) is 20.5. The number of aliphatic hydroxyl groups is 4. The van der Waals surface area contributed by atoms with Crippen LogP contribution < -0.4 is 0 Å². The first-order chi connectivity index (χ1) is 15.6. The van der Waals surface area contributed by atoms with Crippen LogP contribution in [0.5, 0.6) is 0 Å². The van der Waals surface area contributed by atoms with Crippen molar-refractivity contribution >= 4 is 5.97 Å². The Morgan fingerprint density at radius 2 is 0.875 bits per heavy atom. The largest absolute Gasteiger partial charge is 0.463 e. The third kappa shape index (κ3) is 24.0. The van der Waals surface area contributed by atoms with E-state index in [1.165, 1.54) is 89.9 Å². The van der Waals surface area contributed by atoms with Gasteiger partial charge in [-0.15, -0.1) is 0 Å². The minimum atomic E-state index is -0.967. The molecule has 0 amide bonds. The third-order valence-corrected chi connectivity index (χ3v) is 6.03. The molecule has 2 atom stereocenters. The monoisotopic (exact) mass is 460 g/mol. The van der Waals surface area contributed by atoms with Gasteiger partial charge in [0.05, 0.1) is 19.3 Å². The Kier molecular flexibility index (Phi) is 24.4. The van der Waals surface area contributed by atoms with E-state index in [1.807, 2.05) is 0 Å². The molecule has 0 aliphatic heterocycles. The van der Waals surface area contributed by atoms with Crippen molar-refractivity contribution in [2.24, 2.45) is 0 Å². The summed E-state index contributed by atoms with van der Waals surface area (Å²) >= 11 is 0. The Labute approximate surface area is 196 Å². The average molecular weight is 461 g/mol. The average Bonchev–Trinajstić information content (AvgIpc) is 2.80. The van der Waals surface area contributed by atoms with Gasteiger partial charge in [-0.3, -0.25) is 4.79 Å². The fourth-order valence-corrected chi connectivity index (χ4v) is 3.88. The van der Waals surface area contributed by atoms with Crippen LogP contribution in [-0.2, 0) is 9.53 Å². The number of unbranched alkanes of at least 4 members (excludes halogenated alkanes) is 17. The number of carbonyl (C=O) groups is 1. The van der Waals surface area contributed by atoms with Crippen molar-refractivity contribution in [3.63, 3.8) is 0 Å². The number of ether oxygens (including phenoxy) is 1. The normalized spacial score (nSPS) is 13.2. The topological polar surface area (TPSA) is 107 Å². The molecule has 0 saturated carbocycles. The van der Waals surface area contributed by atoms with E-state index in [0.717, 1.165) is 32.1 Å². The molecule has 192 valence electrons. The van der Waals surface area contributed by atoms with Crippen molar-refractivity contribution in [1.82, 2.24) is 0 Å². The highest BCUT2D eigenvalue weighted by Gasteiger charge is 2.07. The lowest BCUT2D eigenvalue weighted by Gasteiger charge is -2.08. The molecule has 4 N–H and O–H groups in total. The van der Waals surface area contributed by atoms with Gasteiger partial charge in [0, 0.05) is 6.42 Å². The molecule has 0 rings (SSSR count). The summed E-state index contributed by atoms with van der Waals surface area (Å²) in [5.74, 6) is -0.288. The molecule has 32 heavy (non-hydrogen) atoms. The number of esters is 1. The number of rotatable bonds is 25. The molecule has 0 heterocycles. The van der Waals surface area contributed by atoms with Crippen LogP contribution in [-0.4, -0.2) is 58.4 Å². The van der Waals surface area contributed by atoms with Crippen LogP contribution in [0.3, 0.4) is 0 Å². The fraction of sp³-hybridized carbons (Fsp3) is 0.962. The Hall–Kier alpha value is -0.690. The van der Waals surface area contributed by atoms with Gasteiger partial charge < -0.3 is 25.2 Å². The molecular weight excluding hydrogens is 408 g/mol. The van der Waals surface area contributed by atoms with Crippen LogP contribution in [0.15, 0.2) is 0 Å². The van der Waals surface area contributed by atoms with Gasteiger partial charge in [-0.05, 0) is 12.8 Å². The minimum Gasteiger partial charge on any atom is -0.463 e. The van der Waals surface area contributed by atoms with E-state index in [2.05, 4.69) is 0 Å². The summed E-state index contributed by atoms with van der Waals surface area (Å²) in [5.41, 5.74) is 0. The molecule has 0 fully saturated rings. The van der Waals surface area contributed by atoms with Crippen LogP contribution in [0.2, 0.25) is 0 Å². The van der Waals surface area contributed by atoms with Crippen LogP contribution in [0.1, 0.15) is 128 Å². The van der Waals surface area contributed by atoms with Crippen molar-refractivity contribution in [3.05, 3.63) is 0 Å². The lowest BCUT2D eigenvalue weighted by atomic mass is 10.0. The Balaban J connectivity index is 3.13. The second kappa shape index (κ2) is 24.9. The second-order valence-electron chi connectivity index (χ2n) is 9.26. The SMILES string of the molecule is O=C(CCCCCCCCCCCCCCCCCCCCC(O)CO)OCC(O)CO. The number of carbonyl (C=O) groups excluding carboxylic acids is 1. The van der Waals surface area contributed by atoms with Gasteiger partial charge in [-0.2, -0.15) is 0 Å². The maximum atomic E-state index is 11.4. The predicted octanol–water partition coefficient (Wildman–Crippen LogP) is 5.04. The molecule has 0 bridgehead atoms. The first-order valence-corrected chi connectivity index (χ1v) is 13.3. The van der Waals surface area contributed by atoms with E-state index in [0.29, 0.717) is 6.42 Å². The highest BCUT2D eigenvalue weighted by atomic mass is 16.5. The van der Waals surface area contributed by atoms with Crippen molar-refractivity contribution in [3.8, 4) is 0 Å². The minimum absolute atomic E-state index is 0.108. The van der Waals surface area contributed by atoms with Gasteiger partial charge in [0.25, 0.3) is 0 Å². The van der Waals surface area contributed by atoms with Crippen molar-refractivity contribution < 1.29 is 30.0 Å².